The van der Waals surface area contributed by atoms with Gasteiger partial charge >= 0.3 is 0 Å². The Bertz CT molecular complexity index is 611. The highest BCUT2D eigenvalue weighted by Crippen LogP contribution is 2.15. The molecule has 2 aromatic heterocycles. The maximum absolute atomic E-state index is 12.3. The van der Waals surface area contributed by atoms with Crippen molar-refractivity contribution in [3.63, 3.8) is 0 Å². The van der Waals surface area contributed by atoms with E-state index in [1.165, 1.54) is 0 Å². The molecule has 1 amide bonds. The molecule has 6 nitrogen and oxygen atoms in total. The quantitative estimate of drug-likeness (QED) is 0.881. The topological polar surface area (TPSA) is 76.2 Å². The summed E-state index contributed by atoms with van der Waals surface area (Å²) >= 11 is 1.54. The number of thiazole rings is 1. The zero-order valence-corrected chi connectivity index (χ0v) is 13.2. The Morgan fingerprint density at radius 3 is 3.27 bits per heavy atom. The van der Waals surface area contributed by atoms with Crippen LogP contribution in [-0.4, -0.2) is 41.2 Å². The Labute approximate surface area is 132 Å². The molecule has 7 heteroatoms. The number of amides is 1. The van der Waals surface area contributed by atoms with Crippen LogP contribution < -0.4 is 5.32 Å². The van der Waals surface area contributed by atoms with E-state index in [-0.39, 0.29) is 18.1 Å². The summed E-state index contributed by atoms with van der Waals surface area (Å²) in [6.45, 7) is 3.44. The third-order valence-corrected chi connectivity index (χ3v) is 4.38. The highest BCUT2D eigenvalue weighted by atomic mass is 32.1. The summed E-state index contributed by atoms with van der Waals surface area (Å²) in [4.78, 5) is 19.6. The van der Waals surface area contributed by atoms with E-state index in [0.717, 1.165) is 17.8 Å². The minimum Gasteiger partial charge on any atom is -0.379 e. The fourth-order valence-electron chi connectivity index (χ4n) is 2.49. The zero-order chi connectivity index (χ0) is 15.4. The molecule has 1 aliphatic rings. The van der Waals surface area contributed by atoms with Crippen LogP contribution in [0.3, 0.4) is 0 Å². The van der Waals surface area contributed by atoms with Crippen LogP contribution in [-0.2, 0) is 16.1 Å². The molecule has 0 spiro atoms. The van der Waals surface area contributed by atoms with Crippen molar-refractivity contribution in [1.82, 2.24) is 15.3 Å². The lowest BCUT2D eigenvalue weighted by atomic mass is 10.1. The second kappa shape index (κ2) is 7.04. The Hall–Kier alpha value is -1.70. The van der Waals surface area contributed by atoms with Gasteiger partial charge < -0.3 is 19.8 Å². The van der Waals surface area contributed by atoms with Gasteiger partial charge in [0.25, 0.3) is 5.91 Å². The van der Waals surface area contributed by atoms with E-state index < -0.39 is 0 Å². The molecule has 0 bridgehead atoms. The van der Waals surface area contributed by atoms with Crippen molar-refractivity contribution >= 4 is 17.2 Å². The van der Waals surface area contributed by atoms with Crippen LogP contribution in [0.5, 0.6) is 0 Å². The number of hydrogen-bond acceptors (Lipinski definition) is 5. The van der Waals surface area contributed by atoms with Crippen molar-refractivity contribution in [1.29, 1.82) is 0 Å². The average molecular weight is 321 g/mol. The second-order valence-electron chi connectivity index (χ2n) is 5.29. The van der Waals surface area contributed by atoms with Gasteiger partial charge in [0.2, 0.25) is 0 Å². The molecule has 1 saturated heterocycles. The van der Waals surface area contributed by atoms with Crippen molar-refractivity contribution in [2.45, 2.75) is 32.1 Å². The smallest absolute Gasteiger partial charge is 0.253 e. The Morgan fingerprint density at radius 1 is 1.64 bits per heavy atom. The van der Waals surface area contributed by atoms with E-state index in [0.29, 0.717) is 25.4 Å². The van der Waals surface area contributed by atoms with Gasteiger partial charge in [-0.25, -0.2) is 4.98 Å². The van der Waals surface area contributed by atoms with Crippen LogP contribution in [0.2, 0.25) is 0 Å². The summed E-state index contributed by atoms with van der Waals surface area (Å²) in [5, 5.41) is 5.02. The van der Waals surface area contributed by atoms with E-state index in [1.54, 1.807) is 29.1 Å². The molecule has 2 N–H and O–H groups in total. The third kappa shape index (κ3) is 3.55. The number of nitrogens with zero attached hydrogens (tertiary/aromatic N) is 1. The molecule has 2 atom stereocenters. The number of nitrogens with one attached hydrogen (secondary N) is 2. The first-order valence-corrected chi connectivity index (χ1v) is 8.19. The standard InChI is InChI=1S/C15H19N3O3S/c1-10-12(2-4-16-10)15(19)18-13-3-5-20-7-14(13)21-6-11-8-22-9-17-11/h2,4,8-9,13-14,16H,3,5-7H2,1H3,(H,18,19)/t13-,14-/m1/s1. The predicted molar refractivity (Wildman–Crippen MR) is 82.9 cm³/mol. The van der Waals surface area contributed by atoms with Gasteiger partial charge in [-0.15, -0.1) is 11.3 Å². The molecule has 22 heavy (non-hydrogen) atoms. The van der Waals surface area contributed by atoms with E-state index in [9.17, 15) is 4.79 Å². The van der Waals surface area contributed by atoms with E-state index in [4.69, 9.17) is 9.47 Å². The predicted octanol–water partition coefficient (Wildman–Crippen LogP) is 1.88. The first-order valence-electron chi connectivity index (χ1n) is 7.25. The number of carbonyl (C=O) groups is 1. The maximum atomic E-state index is 12.3. The minimum atomic E-state index is -0.154. The van der Waals surface area contributed by atoms with Crippen LogP contribution in [0.25, 0.3) is 0 Å². The molecule has 2 aromatic rings. The number of aryl methyl sites for hydroxylation is 1. The number of carbonyl (C=O) groups excluding carboxylic acids is 1. The molecule has 1 aliphatic heterocycles. The normalized spacial score (nSPS) is 21.7. The lowest BCUT2D eigenvalue weighted by Crippen LogP contribution is -2.50. The summed E-state index contributed by atoms with van der Waals surface area (Å²) in [6.07, 6.45) is 2.36. The number of hydrogen-bond donors (Lipinski definition) is 2. The third-order valence-electron chi connectivity index (χ3n) is 3.75. The first kappa shape index (κ1) is 15.2. The first-order chi connectivity index (χ1) is 10.7. The van der Waals surface area contributed by atoms with E-state index in [2.05, 4.69) is 15.3 Å². The fourth-order valence-corrected chi connectivity index (χ4v) is 3.03. The lowest BCUT2D eigenvalue weighted by Gasteiger charge is -2.32. The van der Waals surface area contributed by atoms with Crippen LogP contribution in [0.4, 0.5) is 0 Å². The summed E-state index contributed by atoms with van der Waals surface area (Å²) < 4.78 is 11.4. The number of ether oxygens (including phenoxy) is 2. The van der Waals surface area contributed by atoms with Gasteiger partial charge in [-0.2, -0.15) is 0 Å². The van der Waals surface area contributed by atoms with Crippen LogP contribution in [0, 0.1) is 6.92 Å². The van der Waals surface area contributed by atoms with Gasteiger partial charge in [-0.1, -0.05) is 0 Å². The monoisotopic (exact) mass is 321 g/mol. The van der Waals surface area contributed by atoms with Gasteiger partial charge in [0.05, 0.1) is 36.0 Å². The van der Waals surface area contributed by atoms with Crippen molar-refractivity contribution in [3.05, 3.63) is 40.1 Å². The SMILES string of the molecule is Cc1[nH]ccc1C(=O)N[C@@H]1CCOC[C@H]1OCc1cscn1. The van der Waals surface area contributed by atoms with Gasteiger partial charge in [0.1, 0.15) is 6.10 Å². The lowest BCUT2D eigenvalue weighted by molar-refractivity contribution is -0.0742. The van der Waals surface area contributed by atoms with Gasteiger partial charge in [0.15, 0.2) is 0 Å². The number of aromatic amines is 1. The fraction of sp³-hybridized carbons (Fsp3) is 0.467. The Balaban J connectivity index is 1.60. The van der Waals surface area contributed by atoms with Crippen molar-refractivity contribution in [2.75, 3.05) is 13.2 Å². The van der Waals surface area contributed by atoms with E-state index >= 15 is 0 Å². The molecule has 0 radical (unpaired) electrons. The van der Waals surface area contributed by atoms with Crippen molar-refractivity contribution < 1.29 is 14.3 Å². The molecular weight excluding hydrogens is 302 g/mol. The minimum absolute atomic E-state index is 0.0471. The number of aromatic nitrogens is 2. The summed E-state index contributed by atoms with van der Waals surface area (Å²) in [5.41, 5.74) is 4.22. The summed E-state index contributed by atoms with van der Waals surface area (Å²) in [6, 6.07) is 1.74. The molecule has 3 heterocycles. The van der Waals surface area contributed by atoms with Gasteiger partial charge in [-0.3, -0.25) is 4.79 Å². The van der Waals surface area contributed by atoms with Crippen LogP contribution >= 0.6 is 11.3 Å². The van der Waals surface area contributed by atoms with Crippen LogP contribution in [0.15, 0.2) is 23.2 Å². The summed E-state index contributed by atoms with van der Waals surface area (Å²) in [7, 11) is 0. The van der Waals surface area contributed by atoms with E-state index in [1.807, 2.05) is 12.3 Å². The zero-order valence-electron chi connectivity index (χ0n) is 12.4. The van der Waals surface area contributed by atoms with Crippen LogP contribution in [0.1, 0.15) is 28.2 Å². The highest BCUT2D eigenvalue weighted by Gasteiger charge is 2.28. The second-order valence-corrected chi connectivity index (χ2v) is 6.01. The number of rotatable bonds is 5. The van der Waals surface area contributed by atoms with Crippen molar-refractivity contribution in [2.24, 2.45) is 0 Å². The molecule has 0 aliphatic carbocycles. The maximum Gasteiger partial charge on any atom is 0.253 e. The van der Waals surface area contributed by atoms with Crippen molar-refractivity contribution in [3.8, 4) is 0 Å². The molecular formula is C15H19N3O3S. The summed E-state index contributed by atoms with van der Waals surface area (Å²) in [5.74, 6) is -0.0760. The highest BCUT2D eigenvalue weighted by molar-refractivity contribution is 7.07. The van der Waals surface area contributed by atoms with Gasteiger partial charge in [0, 0.05) is 23.9 Å². The molecule has 3 rings (SSSR count). The molecule has 0 saturated carbocycles. The Morgan fingerprint density at radius 2 is 2.55 bits per heavy atom. The molecule has 1 fully saturated rings. The Kier molecular flexibility index (Phi) is 4.87. The number of H-pyrrole nitrogens is 1. The average Bonchev–Trinajstić information content (AvgIpc) is 3.17. The molecule has 0 aromatic carbocycles. The molecule has 0 unspecified atom stereocenters. The molecule has 118 valence electrons. The largest absolute Gasteiger partial charge is 0.379 e. The van der Waals surface area contributed by atoms with Gasteiger partial charge in [-0.05, 0) is 19.4 Å².